The molecule has 0 radical (unpaired) electrons. The summed E-state index contributed by atoms with van der Waals surface area (Å²) in [5, 5.41) is 0. The van der Waals surface area contributed by atoms with Gasteiger partial charge in [0.1, 0.15) is 11.4 Å². The summed E-state index contributed by atoms with van der Waals surface area (Å²) >= 11 is 0. The van der Waals surface area contributed by atoms with E-state index in [0.29, 0.717) is 12.5 Å². The summed E-state index contributed by atoms with van der Waals surface area (Å²) in [5.41, 5.74) is -2.33. The lowest BCUT2D eigenvalue weighted by molar-refractivity contribution is -0.138. The van der Waals surface area contributed by atoms with Gasteiger partial charge in [-0.1, -0.05) is 96.5 Å². The summed E-state index contributed by atoms with van der Waals surface area (Å²) < 4.78 is 57.4. The first kappa shape index (κ1) is 26.4. The number of carbonyl (C=O) groups is 1. The smallest absolute Gasteiger partial charge is 0.417 e. The first-order chi connectivity index (χ1) is 14.4. The average Bonchev–Trinajstić information content (AvgIpc) is 2.69. The maximum Gasteiger partial charge on any atom is 0.417 e. The number of carbonyl (C=O) groups excluding carboxylic acids is 1. The third kappa shape index (κ3) is 11.0. The van der Waals surface area contributed by atoms with E-state index >= 15 is 0 Å². The molecule has 0 fully saturated rings. The van der Waals surface area contributed by atoms with Crippen LogP contribution in [-0.2, 0) is 10.9 Å². The minimum atomic E-state index is -4.80. The molecule has 30 heavy (non-hydrogen) atoms. The van der Waals surface area contributed by atoms with E-state index in [0.717, 1.165) is 31.4 Å². The van der Waals surface area contributed by atoms with Crippen LogP contribution >= 0.6 is 0 Å². The fourth-order valence-electron chi connectivity index (χ4n) is 3.50. The highest BCUT2D eigenvalue weighted by Gasteiger charge is 2.37. The van der Waals surface area contributed by atoms with Gasteiger partial charge in [-0.15, -0.1) is 0 Å². The Bertz CT molecular complexity index is 599. The Hall–Kier alpha value is -1.59. The molecule has 0 atom stereocenters. The third-order valence-electron chi connectivity index (χ3n) is 5.25. The lowest BCUT2D eigenvalue weighted by Crippen LogP contribution is -2.17. The fourth-order valence-corrected chi connectivity index (χ4v) is 3.50. The Morgan fingerprint density at radius 3 is 1.73 bits per heavy atom. The molecule has 2 nitrogen and oxygen atoms in total. The monoisotopic (exact) mass is 432 g/mol. The quantitative estimate of drug-likeness (QED) is 0.149. The van der Waals surface area contributed by atoms with Crippen LogP contribution in [0.4, 0.5) is 17.6 Å². The van der Waals surface area contributed by atoms with E-state index in [1.54, 1.807) is 0 Å². The van der Waals surface area contributed by atoms with E-state index in [1.807, 2.05) is 0 Å². The molecule has 0 aliphatic carbocycles. The molecule has 0 heterocycles. The standard InChI is InChI=1S/C24H36F4O2/c1-2-3-4-5-6-7-8-9-10-11-12-13-14-15-19-30-23(29)22-20(24(26,27)28)17-16-18-21(22)25/h16-18H,2-15,19H2,1H3. The molecule has 0 aliphatic heterocycles. The van der Waals surface area contributed by atoms with E-state index in [9.17, 15) is 22.4 Å². The van der Waals surface area contributed by atoms with E-state index in [2.05, 4.69) is 6.92 Å². The second-order valence-corrected chi connectivity index (χ2v) is 7.89. The van der Waals surface area contributed by atoms with Gasteiger partial charge in [0.15, 0.2) is 0 Å². The molecule has 6 heteroatoms. The molecule has 0 aliphatic rings. The summed E-state index contributed by atoms with van der Waals surface area (Å²) in [6.45, 7) is 2.23. The van der Waals surface area contributed by atoms with Crippen LogP contribution in [0, 0.1) is 5.82 Å². The van der Waals surface area contributed by atoms with Gasteiger partial charge in [-0.25, -0.2) is 9.18 Å². The summed E-state index contributed by atoms with van der Waals surface area (Å²) in [6.07, 6.45) is 11.7. The fraction of sp³-hybridized carbons (Fsp3) is 0.708. The zero-order valence-corrected chi connectivity index (χ0v) is 18.2. The SMILES string of the molecule is CCCCCCCCCCCCCCCCOC(=O)c1c(F)cccc1C(F)(F)F. The number of benzene rings is 1. The normalized spacial score (nSPS) is 11.6. The van der Waals surface area contributed by atoms with Crippen molar-refractivity contribution in [1.29, 1.82) is 0 Å². The molecule has 1 aromatic carbocycles. The molecule has 1 aromatic rings. The van der Waals surface area contributed by atoms with Crippen LogP contribution in [0.1, 0.15) is 113 Å². The van der Waals surface area contributed by atoms with Crippen LogP contribution in [0.5, 0.6) is 0 Å². The molecular weight excluding hydrogens is 396 g/mol. The molecule has 0 aromatic heterocycles. The molecule has 0 saturated carbocycles. The van der Waals surface area contributed by atoms with Gasteiger partial charge in [0.05, 0.1) is 12.2 Å². The van der Waals surface area contributed by atoms with Crippen LogP contribution in [0.2, 0.25) is 0 Å². The topological polar surface area (TPSA) is 26.3 Å². The number of esters is 1. The zero-order valence-electron chi connectivity index (χ0n) is 18.2. The minimum Gasteiger partial charge on any atom is -0.462 e. The molecule has 0 amide bonds. The Labute approximate surface area is 178 Å². The molecule has 1 rings (SSSR count). The van der Waals surface area contributed by atoms with Crippen molar-refractivity contribution >= 4 is 5.97 Å². The van der Waals surface area contributed by atoms with Crippen molar-refractivity contribution in [2.24, 2.45) is 0 Å². The summed E-state index contributed by atoms with van der Waals surface area (Å²) in [5.74, 6) is -2.47. The first-order valence-corrected chi connectivity index (χ1v) is 11.4. The van der Waals surface area contributed by atoms with Crippen LogP contribution < -0.4 is 0 Å². The van der Waals surface area contributed by atoms with E-state index < -0.39 is 29.1 Å². The van der Waals surface area contributed by atoms with E-state index in [1.165, 1.54) is 64.2 Å². The third-order valence-corrected chi connectivity index (χ3v) is 5.25. The zero-order chi connectivity index (χ0) is 22.2. The van der Waals surface area contributed by atoms with Gasteiger partial charge in [-0.2, -0.15) is 13.2 Å². The molecule has 0 spiro atoms. The lowest BCUT2D eigenvalue weighted by Gasteiger charge is -2.13. The molecule has 0 unspecified atom stereocenters. The van der Waals surface area contributed by atoms with Crippen LogP contribution in [0.15, 0.2) is 18.2 Å². The predicted molar refractivity (Wildman–Crippen MR) is 112 cm³/mol. The highest BCUT2D eigenvalue weighted by Crippen LogP contribution is 2.33. The van der Waals surface area contributed by atoms with Crippen molar-refractivity contribution in [2.45, 2.75) is 103 Å². The number of hydrogen-bond donors (Lipinski definition) is 0. The largest absolute Gasteiger partial charge is 0.462 e. The van der Waals surface area contributed by atoms with Gasteiger partial charge in [0.25, 0.3) is 0 Å². The predicted octanol–water partition coefficient (Wildman–Crippen LogP) is 8.48. The Morgan fingerprint density at radius 2 is 1.27 bits per heavy atom. The van der Waals surface area contributed by atoms with Crippen molar-refractivity contribution < 1.29 is 27.1 Å². The molecule has 172 valence electrons. The van der Waals surface area contributed by atoms with Crippen molar-refractivity contribution in [3.05, 3.63) is 35.1 Å². The number of halogens is 4. The summed E-state index contributed by atoms with van der Waals surface area (Å²) in [6, 6.07) is 2.45. The Balaban J connectivity index is 2.07. The van der Waals surface area contributed by atoms with E-state index in [4.69, 9.17) is 4.74 Å². The minimum absolute atomic E-state index is 0.00248. The highest BCUT2D eigenvalue weighted by molar-refractivity contribution is 5.91. The summed E-state index contributed by atoms with van der Waals surface area (Å²) in [4.78, 5) is 11.9. The molecular formula is C24H36F4O2. The second-order valence-electron chi connectivity index (χ2n) is 7.89. The Kier molecular flexibility index (Phi) is 13.4. The number of alkyl halides is 3. The van der Waals surface area contributed by atoms with Crippen LogP contribution in [0.3, 0.4) is 0 Å². The average molecular weight is 433 g/mol. The van der Waals surface area contributed by atoms with Crippen molar-refractivity contribution in [3.8, 4) is 0 Å². The maximum absolute atomic E-state index is 13.7. The summed E-state index contributed by atoms with van der Waals surface area (Å²) in [7, 11) is 0. The first-order valence-electron chi connectivity index (χ1n) is 11.4. The maximum atomic E-state index is 13.7. The van der Waals surface area contributed by atoms with Gasteiger partial charge < -0.3 is 4.74 Å². The Morgan fingerprint density at radius 1 is 0.800 bits per heavy atom. The van der Waals surface area contributed by atoms with Gasteiger partial charge in [-0.05, 0) is 18.6 Å². The van der Waals surface area contributed by atoms with Gasteiger partial charge >= 0.3 is 12.1 Å². The highest BCUT2D eigenvalue weighted by atomic mass is 19.4. The molecule has 0 bridgehead atoms. The number of hydrogen-bond acceptors (Lipinski definition) is 2. The van der Waals surface area contributed by atoms with Crippen LogP contribution in [0.25, 0.3) is 0 Å². The molecule has 0 saturated heterocycles. The van der Waals surface area contributed by atoms with Gasteiger partial charge in [0.2, 0.25) is 0 Å². The lowest BCUT2D eigenvalue weighted by atomic mass is 10.0. The van der Waals surface area contributed by atoms with Gasteiger partial charge in [-0.3, -0.25) is 0 Å². The van der Waals surface area contributed by atoms with Crippen molar-refractivity contribution in [2.75, 3.05) is 6.61 Å². The van der Waals surface area contributed by atoms with Crippen molar-refractivity contribution in [3.63, 3.8) is 0 Å². The van der Waals surface area contributed by atoms with Gasteiger partial charge in [0, 0.05) is 0 Å². The number of unbranched alkanes of at least 4 members (excludes halogenated alkanes) is 13. The molecule has 0 N–H and O–H groups in total. The van der Waals surface area contributed by atoms with E-state index in [-0.39, 0.29) is 6.61 Å². The number of ether oxygens (including phenoxy) is 1. The van der Waals surface area contributed by atoms with Crippen LogP contribution in [-0.4, -0.2) is 12.6 Å². The number of rotatable bonds is 16. The second kappa shape index (κ2) is 15.2. The van der Waals surface area contributed by atoms with Crippen molar-refractivity contribution in [1.82, 2.24) is 0 Å².